The molecule has 1 heterocycles. The van der Waals surface area contributed by atoms with E-state index in [1.807, 2.05) is 11.0 Å². The van der Waals surface area contributed by atoms with Crippen LogP contribution in [0.3, 0.4) is 0 Å². The van der Waals surface area contributed by atoms with Crippen molar-refractivity contribution in [3.8, 4) is 5.75 Å². The van der Waals surface area contributed by atoms with Gasteiger partial charge in [0, 0.05) is 49.7 Å². The minimum Gasteiger partial charge on any atom is -0.508 e. The topological polar surface area (TPSA) is 43.8 Å². The standard InChI is InChI=1S/C15H21ClN2O2/c1-11(14-10-13(16)4-5-15(14)20)17-6-3-7-18(9-8-17)12(2)19/h4-5,10-11,20H,3,6-9H2,1-2H3. The van der Waals surface area contributed by atoms with Crippen LogP contribution in [0.1, 0.15) is 31.9 Å². The molecule has 0 aromatic heterocycles. The Hall–Kier alpha value is -1.26. The van der Waals surface area contributed by atoms with Gasteiger partial charge in [0.05, 0.1) is 0 Å². The lowest BCUT2D eigenvalue weighted by Gasteiger charge is -2.28. The molecular weight excluding hydrogens is 276 g/mol. The van der Waals surface area contributed by atoms with Gasteiger partial charge in [-0.1, -0.05) is 11.6 Å². The molecule has 0 radical (unpaired) electrons. The van der Waals surface area contributed by atoms with E-state index >= 15 is 0 Å². The molecule has 1 aromatic rings. The minimum absolute atomic E-state index is 0.0839. The number of phenols is 1. The molecule has 20 heavy (non-hydrogen) atoms. The number of carbonyl (C=O) groups excluding carboxylic acids is 1. The quantitative estimate of drug-likeness (QED) is 0.912. The van der Waals surface area contributed by atoms with Crippen molar-refractivity contribution < 1.29 is 9.90 Å². The van der Waals surface area contributed by atoms with Crippen molar-refractivity contribution in [2.24, 2.45) is 0 Å². The Bertz CT molecular complexity index is 493. The summed E-state index contributed by atoms with van der Waals surface area (Å²) < 4.78 is 0. The van der Waals surface area contributed by atoms with E-state index in [1.165, 1.54) is 0 Å². The van der Waals surface area contributed by atoms with Crippen molar-refractivity contribution in [2.45, 2.75) is 26.3 Å². The highest BCUT2D eigenvalue weighted by Gasteiger charge is 2.23. The normalized spacial score (nSPS) is 18.6. The summed E-state index contributed by atoms with van der Waals surface area (Å²) in [6, 6.07) is 5.22. The number of nitrogens with zero attached hydrogens (tertiary/aromatic N) is 2. The maximum atomic E-state index is 11.4. The molecule has 1 N–H and O–H groups in total. The summed E-state index contributed by atoms with van der Waals surface area (Å²) in [4.78, 5) is 15.6. The molecule has 0 spiro atoms. The molecule has 1 aliphatic rings. The molecule has 110 valence electrons. The number of benzene rings is 1. The zero-order valence-corrected chi connectivity index (χ0v) is 12.7. The number of carbonyl (C=O) groups is 1. The molecule has 1 fully saturated rings. The first kappa shape index (κ1) is 15.1. The number of amides is 1. The third-order valence-electron chi connectivity index (χ3n) is 3.96. The second kappa shape index (κ2) is 6.46. The Labute approximate surface area is 124 Å². The van der Waals surface area contributed by atoms with Crippen LogP contribution in [0, 0.1) is 0 Å². The van der Waals surface area contributed by atoms with Gasteiger partial charge in [-0.05, 0) is 31.5 Å². The summed E-state index contributed by atoms with van der Waals surface area (Å²) >= 11 is 6.01. The predicted molar refractivity (Wildman–Crippen MR) is 80.0 cm³/mol. The number of aromatic hydroxyl groups is 1. The molecule has 1 amide bonds. The third-order valence-corrected chi connectivity index (χ3v) is 4.20. The molecule has 4 nitrogen and oxygen atoms in total. The second-order valence-corrected chi connectivity index (χ2v) is 5.71. The Balaban J connectivity index is 2.11. The van der Waals surface area contributed by atoms with E-state index in [-0.39, 0.29) is 17.7 Å². The van der Waals surface area contributed by atoms with Crippen LogP contribution < -0.4 is 0 Å². The van der Waals surface area contributed by atoms with E-state index in [9.17, 15) is 9.90 Å². The Morgan fingerprint density at radius 2 is 2.05 bits per heavy atom. The van der Waals surface area contributed by atoms with Gasteiger partial charge in [-0.3, -0.25) is 9.69 Å². The van der Waals surface area contributed by atoms with Crippen molar-refractivity contribution in [1.82, 2.24) is 9.80 Å². The van der Waals surface area contributed by atoms with Gasteiger partial charge in [0.2, 0.25) is 5.91 Å². The first-order valence-corrected chi connectivity index (χ1v) is 7.35. The van der Waals surface area contributed by atoms with Crippen LogP contribution in [0.4, 0.5) is 0 Å². The molecule has 1 aromatic carbocycles. The highest BCUT2D eigenvalue weighted by molar-refractivity contribution is 6.30. The Morgan fingerprint density at radius 1 is 1.30 bits per heavy atom. The van der Waals surface area contributed by atoms with Gasteiger partial charge < -0.3 is 10.0 Å². The molecule has 0 aliphatic carbocycles. The van der Waals surface area contributed by atoms with E-state index in [4.69, 9.17) is 11.6 Å². The van der Waals surface area contributed by atoms with Crippen LogP contribution in [0.5, 0.6) is 5.75 Å². The molecule has 0 saturated carbocycles. The van der Waals surface area contributed by atoms with E-state index in [0.29, 0.717) is 5.02 Å². The smallest absolute Gasteiger partial charge is 0.219 e. The van der Waals surface area contributed by atoms with Crippen LogP contribution in [-0.2, 0) is 4.79 Å². The number of halogens is 1. The molecule has 1 aliphatic heterocycles. The Morgan fingerprint density at radius 3 is 2.75 bits per heavy atom. The Kier molecular flexibility index (Phi) is 4.89. The lowest BCUT2D eigenvalue weighted by Crippen LogP contribution is -2.34. The van der Waals surface area contributed by atoms with Crippen LogP contribution in [0.25, 0.3) is 0 Å². The summed E-state index contributed by atoms with van der Waals surface area (Å²) in [6.07, 6.45) is 0.950. The molecular formula is C15H21ClN2O2. The summed E-state index contributed by atoms with van der Waals surface area (Å²) in [6.45, 7) is 6.95. The fourth-order valence-corrected chi connectivity index (χ4v) is 2.88. The largest absolute Gasteiger partial charge is 0.508 e. The summed E-state index contributed by atoms with van der Waals surface area (Å²) in [7, 11) is 0. The van der Waals surface area contributed by atoms with Crippen molar-refractivity contribution in [2.75, 3.05) is 26.2 Å². The number of phenolic OH excluding ortho intramolecular Hbond substituents is 1. The maximum Gasteiger partial charge on any atom is 0.219 e. The molecule has 0 bridgehead atoms. The number of hydrogen-bond acceptors (Lipinski definition) is 3. The van der Waals surface area contributed by atoms with Crippen LogP contribution >= 0.6 is 11.6 Å². The highest BCUT2D eigenvalue weighted by atomic mass is 35.5. The van der Waals surface area contributed by atoms with Crippen LogP contribution in [0.15, 0.2) is 18.2 Å². The van der Waals surface area contributed by atoms with Gasteiger partial charge in [-0.25, -0.2) is 0 Å². The first-order chi connectivity index (χ1) is 9.49. The first-order valence-electron chi connectivity index (χ1n) is 6.97. The predicted octanol–water partition coefficient (Wildman–Crippen LogP) is 2.66. The zero-order chi connectivity index (χ0) is 14.7. The summed E-state index contributed by atoms with van der Waals surface area (Å²) in [5.41, 5.74) is 0.841. The van der Waals surface area contributed by atoms with Crippen molar-refractivity contribution in [1.29, 1.82) is 0 Å². The van der Waals surface area contributed by atoms with Gasteiger partial charge >= 0.3 is 0 Å². The molecule has 1 unspecified atom stereocenters. The van der Waals surface area contributed by atoms with Gasteiger partial charge in [0.15, 0.2) is 0 Å². The van der Waals surface area contributed by atoms with Crippen molar-refractivity contribution >= 4 is 17.5 Å². The maximum absolute atomic E-state index is 11.4. The monoisotopic (exact) mass is 296 g/mol. The third kappa shape index (κ3) is 3.44. The molecule has 1 saturated heterocycles. The summed E-state index contributed by atoms with van der Waals surface area (Å²) in [5, 5.41) is 10.6. The lowest BCUT2D eigenvalue weighted by atomic mass is 10.1. The fourth-order valence-electron chi connectivity index (χ4n) is 2.70. The number of hydrogen-bond donors (Lipinski definition) is 1. The number of rotatable bonds is 2. The van der Waals surface area contributed by atoms with Crippen LogP contribution in [-0.4, -0.2) is 47.0 Å². The van der Waals surface area contributed by atoms with Crippen molar-refractivity contribution in [3.05, 3.63) is 28.8 Å². The molecule has 1 atom stereocenters. The average Bonchev–Trinajstić information content (AvgIpc) is 2.66. The van der Waals surface area contributed by atoms with E-state index in [1.54, 1.807) is 19.1 Å². The van der Waals surface area contributed by atoms with E-state index in [2.05, 4.69) is 11.8 Å². The van der Waals surface area contributed by atoms with Gasteiger partial charge in [-0.2, -0.15) is 0 Å². The van der Waals surface area contributed by atoms with E-state index < -0.39 is 0 Å². The van der Waals surface area contributed by atoms with Gasteiger partial charge in [-0.15, -0.1) is 0 Å². The lowest BCUT2D eigenvalue weighted by molar-refractivity contribution is -0.128. The van der Waals surface area contributed by atoms with Crippen LogP contribution in [0.2, 0.25) is 5.02 Å². The average molecular weight is 297 g/mol. The van der Waals surface area contributed by atoms with E-state index in [0.717, 1.165) is 38.2 Å². The molecule has 2 rings (SSSR count). The zero-order valence-electron chi connectivity index (χ0n) is 12.0. The van der Waals surface area contributed by atoms with Gasteiger partial charge in [0.25, 0.3) is 0 Å². The highest BCUT2D eigenvalue weighted by Crippen LogP contribution is 2.31. The second-order valence-electron chi connectivity index (χ2n) is 5.27. The minimum atomic E-state index is 0.0839. The van der Waals surface area contributed by atoms with Crippen molar-refractivity contribution in [3.63, 3.8) is 0 Å². The molecule has 5 heteroatoms. The van der Waals surface area contributed by atoms with Gasteiger partial charge in [0.1, 0.15) is 5.75 Å². The summed E-state index contributed by atoms with van der Waals surface area (Å²) in [5.74, 6) is 0.402. The SMILES string of the molecule is CC(=O)N1CCCN(C(C)c2cc(Cl)ccc2O)CC1. The fraction of sp³-hybridized carbons (Fsp3) is 0.533.